The van der Waals surface area contributed by atoms with E-state index < -0.39 is 43.3 Å². The number of ether oxygens (including phenoxy) is 5. The standard InChI is InChI=1S/C49H59N9O9/c1-27(63-3)41(54-48(61)65-5)45(59)56-20-10-14-37(56)43-50-25-34(52-43)30-17-19-36-32(22-30)23-39-33-18-16-31(24-40(33)67-47(58(36)39)29-12-8-7-9-13-29)35-26-51-44(53-35)38-15-11-21-57(38)46(60)42(28(2)64-4)55-49(62)66-6/h7-9,12-13,16-19,22-28,37-38,41-42,47-49,54-55,61-62H,10-11,14-15,20-21H2,1-6H3,(H,50,52)(H,51,53). The van der Waals surface area contributed by atoms with Crippen LogP contribution in [0.25, 0.3) is 44.7 Å². The van der Waals surface area contributed by atoms with Crippen LogP contribution in [-0.2, 0) is 28.5 Å². The summed E-state index contributed by atoms with van der Waals surface area (Å²) in [6, 6.07) is 22.6. The SMILES string of the molecule is COC(O)NC(C(=O)N1CCCC1c1ncc(-c2ccc3c(c2)OC(c2ccccc2)n2c-3cc3cc(-c4cnc(C5CCCN5C(=O)C(NC(O)OC)C(C)OC)[nH]4)ccc32)[nH]1)C(C)OC. The van der Waals surface area contributed by atoms with Gasteiger partial charge in [-0.05, 0) is 69.9 Å². The van der Waals surface area contributed by atoms with Crippen molar-refractivity contribution in [3.05, 3.63) is 102 Å². The van der Waals surface area contributed by atoms with Crippen LogP contribution >= 0.6 is 0 Å². The molecule has 0 saturated carbocycles. The first-order valence-corrected chi connectivity index (χ1v) is 22.7. The molecular formula is C49H59N9O9. The van der Waals surface area contributed by atoms with E-state index in [9.17, 15) is 19.8 Å². The van der Waals surface area contributed by atoms with Gasteiger partial charge in [-0.3, -0.25) is 20.2 Å². The summed E-state index contributed by atoms with van der Waals surface area (Å²) in [5, 5.41) is 27.0. The van der Waals surface area contributed by atoms with Crippen molar-refractivity contribution >= 4 is 22.7 Å². The van der Waals surface area contributed by atoms with Crippen molar-refractivity contribution in [1.29, 1.82) is 0 Å². The van der Waals surface area contributed by atoms with Crippen LogP contribution in [0.5, 0.6) is 5.75 Å². The van der Waals surface area contributed by atoms with E-state index >= 15 is 0 Å². The van der Waals surface area contributed by atoms with Crippen molar-refractivity contribution in [3.63, 3.8) is 0 Å². The zero-order valence-electron chi connectivity index (χ0n) is 38.5. The van der Waals surface area contributed by atoms with Gasteiger partial charge in [-0.25, -0.2) is 9.97 Å². The summed E-state index contributed by atoms with van der Waals surface area (Å²) in [4.78, 5) is 48.0. The van der Waals surface area contributed by atoms with Crippen LogP contribution in [0.3, 0.4) is 0 Å². The van der Waals surface area contributed by atoms with Gasteiger partial charge < -0.3 is 58.2 Å². The maximum atomic E-state index is 13.9. The van der Waals surface area contributed by atoms with Gasteiger partial charge in [0, 0.05) is 69.2 Å². The molecule has 6 aromatic rings. The van der Waals surface area contributed by atoms with Gasteiger partial charge in [0.1, 0.15) is 29.5 Å². The minimum Gasteiger partial charge on any atom is -0.465 e. The number of aromatic nitrogens is 5. The third kappa shape index (κ3) is 8.98. The van der Waals surface area contributed by atoms with Crippen molar-refractivity contribution in [2.24, 2.45) is 0 Å². The lowest BCUT2D eigenvalue weighted by Crippen LogP contribution is -2.55. The van der Waals surface area contributed by atoms with Gasteiger partial charge in [0.25, 0.3) is 0 Å². The molecule has 2 amide bonds. The summed E-state index contributed by atoms with van der Waals surface area (Å²) >= 11 is 0. The van der Waals surface area contributed by atoms with Gasteiger partial charge in [0.05, 0.1) is 59.3 Å². The van der Waals surface area contributed by atoms with Crippen molar-refractivity contribution in [3.8, 4) is 39.5 Å². The Morgan fingerprint density at radius 3 is 1.79 bits per heavy atom. The third-order valence-corrected chi connectivity index (χ3v) is 13.5. The molecule has 0 radical (unpaired) electrons. The second kappa shape index (κ2) is 19.7. The highest BCUT2D eigenvalue weighted by Crippen LogP contribution is 2.46. The lowest BCUT2D eigenvalue weighted by molar-refractivity contribution is -0.149. The molecule has 3 aliphatic rings. The maximum Gasteiger partial charge on any atom is 0.243 e. The van der Waals surface area contributed by atoms with Crippen LogP contribution in [0.15, 0.2) is 85.2 Å². The first-order valence-electron chi connectivity index (χ1n) is 22.7. The number of methoxy groups -OCH3 is 4. The molecule has 18 heteroatoms. The van der Waals surface area contributed by atoms with E-state index in [-0.39, 0.29) is 23.9 Å². The topological polar surface area (TPSA) is 214 Å². The fourth-order valence-electron chi connectivity index (χ4n) is 9.69. The maximum absolute atomic E-state index is 13.9. The fourth-order valence-corrected chi connectivity index (χ4v) is 9.69. The molecule has 9 rings (SSSR count). The number of aromatic amines is 2. The van der Waals surface area contributed by atoms with E-state index in [0.717, 1.165) is 81.7 Å². The van der Waals surface area contributed by atoms with Crippen molar-refractivity contribution in [2.75, 3.05) is 41.5 Å². The highest BCUT2D eigenvalue weighted by Gasteiger charge is 2.40. The number of nitrogens with one attached hydrogen (secondary N) is 4. The molecule has 18 nitrogen and oxygen atoms in total. The molecule has 0 bridgehead atoms. The smallest absolute Gasteiger partial charge is 0.243 e. The number of H-pyrrole nitrogens is 2. The number of rotatable bonds is 17. The molecule has 9 unspecified atom stereocenters. The second-order valence-electron chi connectivity index (χ2n) is 17.4. The van der Waals surface area contributed by atoms with Crippen LogP contribution in [0, 0.1) is 0 Å². The highest BCUT2D eigenvalue weighted by atomic mass is 16.6. The lowest BCUT2D eigenvalue weighted by atomic mass is 10.0. The predicted molar refractivity (Wildman–Crippen MR) is 248 cm³/mol. The van der Waals surface area contributed by atoms with Crippen molar-refractivity contribution in [1.82, 2.24) is 44.9 Å². The molecular weight excluding hydrogens is 859 g/mol. The number of amides is 2. The summed E-state index contributed by atoms with van der Waals surface area (Å²) in [6.45, 7) is 4.64. The number of aliphatic hydroxyl groups excluding tert-OH is 2. The number of hydrogen-bond acceptors (Lipinski definition) is 13. The van der Waals surface area contributed by atoms with Crippen LogP contribution in [0.2, 0.25) is 0 Å². The van der Waals surface area contributed by atoms with Crippen molar-refractivity contribution in [2.45, 2.75) is 95.0 Å². The van der Waals surface area contributed by atoms with E-state index in [0.29, 0.717) is 24.7 Å². The number of carbonyl (C=O) groups excluding carboxylic acids is 2. The predicted octanol–water partition coefficient (Wildman–Crippen LogP) is 5.19. The Morgan fingerprint density at radius 2 is 1.25 bits per heavy atom. The van der Waals surface area contributed by atoms with Crippen LogP contribution in [0.4, 0.5) is 0 Å². The van der Waals surface area contributed by atoms with E-state index in [1.807, 2.05) is 30.5 Å². The van der Waals surface area contributed by atoms with Crippen LogP contribution in [-0.4, -0.2) is 135 Å². The summed E-state index contributed by atoms with van der Waals surface area (Å²) in [5.74, 6) is 1.68. The number of benzene rings is 3. The first kappa shape index (κ1) is 46.2. The second-order valence-corrected chi connectivity index (χ2v) is 17.4. The number of imidazole rings is 2. The molecule has 9 atom stereocenters. The average molecular weight is 918 g/mol. The van der Waals surface area contributed by atoms with E-state index in [1.54, 1.807) is 29.8 Å². The first-order chi connectivity index (χ1) is 32.5. The number of nitrogens with zero attached hydrogens (tertiary/aromatic N) is 5. The van der Waals surface area contributed by atoms with Gasteiger partial charge in [-0.1, -0.05) is 42.5 Å². The van der Waals surface area contributed by atoms with Gasteiger partial charge in [0.2, 0.25) is 30.9 Å². The Morgan fingerprint density at radius 1 is 0.716 bits per heavy atom. The van der Waals surface area contributed by atoms with Gasteiger partial charge in [0.15, 0.2) is 0 Å². The molecule has 67 heavy (non-hydrogen) atoms. The van der Waals surface area contributed by atoms with Crippen LogP contribution < -0.4 is 15.4 Å². The summed E-state index contributed by atoms with van der Waals surface area (Å²) in [7, 11) is 5.78. The van der Waals surface area contributed by atoms with Crippen molar-refractivity contribution < 1.29 is 43.5 Å². The Hall–Kier alpha value is -5.96. The zero-order chi connectivity index (χ0) is 46.9. The van der Waals surface area contributed by atoms with E-state index in [1.165, 1.54) is 28.4 Å². The third-order valence-electron chi connectivity index (χ3n) is 13.5. The normalized spacial score (nSPS) is 20.8. The molecule has 0 aliphatic carbocycles. The van der Waals surface area contributed by atoms with Gasteiger partial charge >= 0.3 is 0 Å². The minimum atomic E-state index is -1.33. The fraction of sp³-hybridized carbons (Fsp3) is 0.429. The molecule has 2 saturated heterocycles. The zero-order valence-corrected chi connectivity index (χ0v) is 38.5. The summed E-state index contributed by atoms with van der Waals surface area (Å²) < 4.78 is 30.1. The summed E-state index contributed by atoms with van der Waals surface area (Å²) in [5.41, 5.74) is 7.38. The molecule has 3 aromatic carbocycles. The number of aliphatic hydroxyl groups is 2. The number of likely N-dealkylation sites (tertiary alicyclic amines) is 2. The largest absolute Gasteiger partial charge is 0.465 e. The monoisotopic (exact) mass is 917 g/mol. The Bertz CT molecular complexity index is 2690. The van der Waals surface area contributed by atoms with Gasteiger partial charge in [-0.2, -0.15) is 0 Å². The minimum absolute atomic E-state index is 0.200. The molecule has 6 heterocycles. The molecule has 3 aromatic heterocycles. The molecule has 0 spiro atoms. The Balaban J connectivity index is 0.996. The molecule has 354 valence electrons. The number of fused-ring (bicyclic) bond motifs is 5. The van der Waals surface area contributed by atoms with E-state index in [4.69, 9.17) is 33.7 Å². The number of hydrogen-bond donors (Lipinski definition) is 6. The van der Waals surface area contributed by atoms with E-state index in [2.05, 4.69) is 73.7 Å². The highest BCUT2D eigenvalue weighted by molar-refractivity contribution is 5.92. The van der Waals surface area contributed by atoms with Gasteiger partial charge in [-0.15, -0.1) is 0 Å². The Kier molecular flexibility index (Phi) is 13.6. The quantitative estimate of drug-likeness (QED) is 0.0652. The Labute approximate surface area is 388 Å². The lowest BCUT2D eigenvalue weighted by Gasteiger charge is -2.32. The summed E-state index contributed by atoms with van der Waals surface area (Å²) in [6.07, 6.45) is 2.55. The molecule has 2 fully saturated rings. The molecule has 3 aliphatic heterocycles. The number of carbonyl (C=O) groups is 2. The average Bonchev–Trinajstić information content (AvgIpc) is 4.23. The van der Waals surface area contributed by atoms with Crippen LogP contribution in [0.1, 0.15) is 75.1 Å². The molecule has 6 N–H and O–H groups in total.